The molecule has 1 aromatic carbocycles. The van der Waals surface area contributed by atoms with Crippen molar-refractivity contribution in [3.63, 3.8) is 0 Å². The Morgan fingerprint density at radius 3 is 2.79 bits per heavy atom. The van der Waals surface area contributed by atoms with Crippen molar-refractivity contribution in [1.29, 1.82) is 0 Å². The Morgan fingerprint density at radius 1 is 1.18 bits per heavy atom. The van der Waals surface area contributed by atoms with Crippen LogP contribution in [0.4, 0.5) is 10.8 Å². The summed E-state index contributed by atoms with van der Waals surface area (Å²) in [4.78, 5) is 33.0. The van der Waals surface area contributed by atoms with Gasteiger partial charge >= 0.3 is 0 Å². The van der Waals surface area contributed by atoms with Crippen LogP contribution in [0.25, 0.3) is 0 Å². The molecule has 1 atom stereocenters. The SMILES string of the molecule is Cc1cccc(Nc2nc(C(=O)NC(C)C(=O)NCc3ccccn3)cs2)c1. The van der Waals surface area contributed by atoms with Crippen molar-refractivity contribution < 1.29 is 9.59 Å². The maximum atomic E-state index is 12.4. The van der Waals surface area contributed by atoms with Gasteiger partial charge in [0.15, 0.2) is 5.13 Å². The van der Waals surface area contributed by atoms with Crippen molar-refractivity contribution >= 4 is 34.0 Å². The summed E-state index contributed by atoms with van der Waals surface area (Å²) < 4.78 is 0. The minimum Gasteiger partial charge on any atom is -0.349 e. The zero-order chi connectivity index (χ0) is 19.9. The highest BCUT2D eigenvalue weighted by Gasteiger charge is 2.18. The molecule has 0 spiro atoms. The van der Waals surface area contributed by atoms with Gasteiger partial charge in [-0.05, 0) is 43.7 Å². The van der Waals surface area contributed by atoms with Gasteiger partial charge in [-0.15, -0.1) is 11.3 Å². The first-order chi connectivity index (χ1) is 13.5. The molecule has 144 valence electrons. The summed E-state index contributed by atoms with van der Waals surface area (Å²) in [5.41, 5.74) is 3.05. The number of benzene rings is 1. The molecule has 28 heavy (non-hydrogen) atoms. The van der Waals surface area contributed by atoms with E-state index in [1.807, 2.05) is 49.4 Å². The lowest BCUT2D eigenvalue weighted by Crippen LogP contribution is -2.44. The highest BCUT2D eigenvalue weighted by atomic mass is 32.1. The Balaban J connectivity index is 1.52. The van der Waals surface area contributed by atoms with Crippen molar-refractivity contribution in [3.05, 3.63) is 71.0 Å². The molecule has 2 aromatic heterocycles. The number of hydrogen-bond acceptors (Lipinski definition) is 6. The number of nitrogens with one attached hydrogen (secondary N) is 3. The van der Waals surface area contributed by atoms with Crippen LogP contribution in [0.5, 0.6) is 0 Å². The summed E-state index contributed by atoms with van der Waals surface area (Å²) >= 11 is 1.33. The molecule has 8 heteroatoms. The molecule has 2 heterocycles. The Hall–Kier alpha value is -3.26. The number of pyridine rings is 1. The van der Waals surface area contributed by atoms with Crippen molar-refractivity contribution in [2.45, 2.75) is 26.4 Å². The maximum absolute atomic E-state index is 12.4. The first-order valence-corrected chi connectivity index (χ1v) is 9.67. The summed E-state index contributed by atoms with van der Waals surface area (Å²) in [7, 11) is 0. The number of carbonyl (C=O) groups excluding carboxylic acids is 2. The van der Waals surface area contributed by atoms with Gasteiger partial charge in [-0.1, -0.05) is 18.2 Å². The number of carbonyl (C=O) groups is 2. The number of amides is 2. The average Bonchev–Trinajstić information content (AvgIpc) is 3.15. The highest BCUT2D eigenvalue weighted by molar-refractivity contribution is 7.14. The molecule has 0 radical (unpaired) electrons. The molecule has 0 saturated heterocycles. The van der Waals surface area contributed by atoms with E-state index in [2.05, 4.69) is 25.9 Å². The Bertz CT molecular complexity index is 958. The van der Waals surface area contributed by atoms with E-state index in [9.17, 15) is 9.59 Å². The van der Waals surface area contributed by atoms with Crippen LogP contribution < -0.4 is 16.0 Å². The molecule has 7 nitrogen and oxygen atoms in total. The van der Waals surface area contributed by atoms with Crippen LogP contribution in [0.15, 0.2) is 54.0 Å². The van der Waals surface area contributed by atoms with Gasteiger partial charge in [0.05, 0.1) is 12.2 Å². The third-order valence-electron chi connectivity index (χ3n) is 3.92. The van der Waals surface area contributed by atoms with Gasteiger partial charge in [0.1, 0.15) is 11.7 Å². The molecule has 0 aliphatic carbocycles. The van der Waals surface area contributed by atoms with E-state index in [1.54, 1.807) is 18.5 Å². The van der Waals surface area contributed by atoms with E-state index in [4.69, 9.17) is 0 Å². The molecule has 2 amide bonds. The highest BCUT2D eigenvalue weighted by Crippen LogP contribution is 2.21. The number of aryl methyl sites for hydroxylation is 1. The van der Waals surface area contributed by atoms with Crippen molar-refractivity contribution in [2.24, 2.45) is 0 Å². The van der Waals surface area contributed by atoms with Crippen LogP contribution in [-0.2, 0) is 11.3 Å². The predicted octanol–water partition coefficient (Wildman–Crippen LogP) is 3.02. The van der Waals surface area contributed by atoms with E-state index in [1.165, 1.54) is 11.3 Å². The van der Waals surface area contributed by atoms with E-state index >= 15 is 0 Å². The molecular weight excluding hydrogens is 374 g/mol. The van der Waals surface area contributed by atoms with Crippen LogP contribution in [-0.4, -0.2) is 27.8 Å². The first-order valence-electron chi connectivity index (χ1n) is 8.79. The fraction of sp³-hybridized carbons (Fsp3) is 0.200. The van der Waals surface area contributed by atoms with Crippen LogP contribution >= 0.6 is 11.3 Å². The molecule has 0 aliphatic heterocycles. The predicted molar refractivity (Wildman–Crippen MR) is 110 cm³/mol. The first kappa shape index (κ1) is 19.5. The standard InChI is InChI=1S/C20H21N5O2S/c1-13-6-5-8-15(10-13)24-20-25-17(12-28-20)19(27)23-14(2)18(26)22-11-16-7-3-4-9-21-16/h3-10,12,14H,11H2,1-2H3,(H,22,26)(H,23,27)(H,24,25). The number of anilines is 2. The average molecular weight is 395 g/mol. The number of aromatic nitrogens is 2. The molecule has 0 aliphatic rings. The van der Waals surface area contributed by atoms with E-state index in [0.29, 0.717) is 11.7 Å². The normalized spacial score (nSPS) is 11.5. The summed E-state index contributed by atoms with van der Waals surface area (Å²) in [6.45, 7) is 3.94. The van der Waals surface area contributed by atoms with E-state index in [0.717, 1.165) is 16.9 Å². The van der Waals surface area contributed by atoms with Gasteiger partial charge in [0.25, 0.3) is 5.91 Å². The van der Waals surface area contributed by atoms with Crippen LogP contribution in [0.3, 0.4) is 0 Å². The van der Waals surface area contributed by atoms with Crippen LogP contribution in [0.1, 0.15) is 28.7 Å². The molecule has 0 bridgehead atoms. The minimum absolute atomic E-state index is 0.268. The fourth-order valence-corrected chi connectivity index (χ4v) is 3.16. The minimum atomic E-state index is -0.689. The van der Waals surface area contributed by atoms with Gasteiger partial charge in [-0.25, -0.2) is 4.98 Å². The second kappa shape index (κ2) is 9.09. The Morgan fingerprint density at radius 2 is 2.04 bits per heavy atom. The number of thiazole rings is 1. The molecule has 3 aromatic rings. The summed E-state index contributed by atoms with van der Waals surface area (Å²) in [6.07, 6.45) is 1.66. The molecule has 0 saturated carbocycles. The lowest BCUT2D eigenvalue weighted by Gasteiger charge is -2.13. The Labute approximate surface area is 167 Å². The van der Waals surface area contributed by atoms with Crippen molar-refractivity contribution in [3.8, 4) is 0 Å². The van der Waals surface area contributed by atoms with Gasteiger partial charge < -0.3 is 16.0 Å². The number of rotatable bonds is 7. The van der Waals surface area contributed by atoms with Crippen LogP contribution in [0.2, 0.25) is 0 Å². The van der Waals surface area contributed by atoms with Crippen LogP contribution in [0, 0.1) is 6.92 Å². The van der Waals surface area contributed by atoms with Crippen molar-refractivity contribution in [2.75, 3.05) is 5.32 Å². The number of nitrogens with zero attached hydrogens (tertiary/aromatic N) is 2. The molecular formula is C20H21N5O2S. The largest absolute Gasteiger partial charge is 0.349 e. The van der Waals surface area contributed by atoms with Gasteiger partial charge in [0, 0.05) is 17.3 Å². The Kier molecular flexibility index (Phi) is 6.33. The maximum Gasteiger partial charge on any atom is 0.271 e. The van der Waals surface area contributed by atoms with Gasteiger partial charge in [0.2, 0.25) is 5.91 Å². The third kappa shape index (κ3) is 5.37. The van der Waals surface area contributed by atoms with E-state index in [-0.39, 0.29) is 11.6 Å². The monoisotopic (exact) mass is 395 g/mol. The lowest BCUT2D eigenvalue weighted by molar-refractivity contribution is -0.122. The fourth-order valence-electron chi connectivity index (χ4n) is 2.45. The molecule has 3 rings (SSSR count). The molecule has 1 unspecified atom stereocenters. The molecule has 0 fully saturated rings. The second-order valence-electron chi connectivity index (χ2n) is 6.27. The van der Waals surface area contributed by atoms with Gasteiger partial charge in [-0.2, -0.15) is 0 Å². The lowest BCUT2D eigenvalue weighted by atomic mass is 10.2. The second-order valence-corrected chi connectivity index (χ2v) is 7.12. The topological polar surface area (TPSA) is 96.0 Å². The summed E-state index contributed by atoms with van der Waals surface area (Å²) in [5, 5.41) is 10.9. The zero-order valence-electron chi connectivity index (χ0n) is 15.6. The van der Waals surface area contributed by atoms with E-state index < -0.39 is 11.9 Å². The zero-order valence-corrected chi connectivity index (χ0v) is 16.4. The number of hydrogen-bond donors (Lipinski definition) is 3. The summed E-state index contributed by atoms with van der Waals surface area (Å²) in [5.74, 6) is -0.679. The van der Waals surface area contributed by atoms with Crippen molar-refractivity contribution in [1.82, 2.24) is 20.6 Å². The molecule has 3 N–H and O–H groups in total. The summed E-state index contributed by atoms with van der Waals surface area (Å²) in [6, 6.07) is 12.7. The smallest absolute Gasteiger partial charge is 0.271 e. The third-order valence-corrected chi connectivity index (χ3v) is 4.67. The van der Waals surface area contributed by atoms with Gasteiger partial charge in [-0.3, -0.25) is 14.6 Å². The quantitative estimate of drug-likeness (QED) is 0.571.